The molecular weight excluding hydrogens is 278 g/mol. The molecule has 2 fully saturated rings. The molecule has 1 saturated carbocycles. The summed E-state index contributed by atoms with van der Waals surface area (Å²) in [7, 11) is 1.97. The molecule has 0 unspecified atom stereocenters. The number of hydrogen-bond acceptors (Lipinski definition) is 4. The van der Waals surface area contributed by atoms with E-state index in [4.69, 9.17) is 4.52 Å². The summed E-state index contributed by atoms with van der Waals surface area (Å²) in [5, 5.41) is 4.03. The van der Waals surface area contributed by atoms with Crippen LogP contribution < -0.4 is 0 Å². The zero-order chi connectivity index (χ0) is 15.7. The Hall–Kier alpha value is -1.36. The highest BCUT2D eigenvalue weighted by Gasteiger charge is 2.33. The SMILES string of the molecule is Cc1noc(C)c1CN1CCC(CN(C)C(=O)C2CC2)CC1. The Morgan fingerprint density at radius 1 is 1.27 bits per heavy atom. The van der Waals surface area contributed by atoms with Gasteiger partial charge in [0.15, 0.2) is 0 Å². The highest BCUT2D eigenvalue weighted by molar-refractivity contribution is 5.80. The van der Waals surface area contributed by atoms with Gasteiger partial charge in [-0.25, -0.2) is 0 Å². The quantitative estimate of drug-likeness (QED) is 0.838. The van der Waals surface area contributed by atoms with Crippen LogP contribution in [0.4, 0.5) is 0 Å². The van der Waals surface area contributed by atoms with E-state index >= 15 is 0 Å². The lowest BCUT2D eigenvalue weighted by atomic mass is 9.95. The molecule has 1 aromatic heterocycles. The van der Waals surface area contributed by atoms with Crippen LogP contribution in [0.15, 0.2) is 4.52 Å². The number of rotatable bonds is 5. The molecule has 22 heavy (non-hydrogen) atoms. The van der Waals surface area contributed by atoms with E-state index in [1.807, 2.05) is 25.8 Å². The molecule has 0 N–H and O–H groups in total. The minimum Gasteiger partial charge on any atom is -0.361 e. The summed E-state index contributed by atoms with van der Waals surface area (Å²) < 4.78 is 5.24. The fraction of sp³-hybridized carbons (Fsp3) is 0.765. The maximum Gasteiger partial charge on any atom is 0.225 e. The van der Waals surface area contributed by atoms with Gasteiger partial charge in [-0.05, 0) is 58.5 Å². The fourth-order valence-electron chi connectivity index (χ4n) is 3.40. The van der Waals surface area contributed by atoms with E-state index < -0.39 is 0 Å². The van der Waals surface area contributed by atoms with Crippen LogP contribution in [0, 0.1) is 25.7 Å². The van der Waals surface area contributed by atoms with Gasteiger partial charge in [0, 0.05) is 31.6 Å². The first-order valence-electron chi connectivity index (χ1n) is 8.43. The zero-order valence-electron chi connectivity index (χ0n) is 14.0. The highest BCUT2D eigenvalue weighted by atomic mass is 16.5. The summed E-state index contributed by atoms with van der Waals surface area (Å²) in [6, 6.07) is 0. The number of nitrogens with zero attached hydrogens (tertiary/aromatic N) is 3. The Bertz CT molecular complexity index is 509. The van der Waals surface area contributed by atoms with Gasteiger partial charge in [0.2, 0.25) is 5.91 Å². The van der Waals surface area contributed by atoms with Gasteiger partial charge >= 0.3 is 0 Å². The van der Waals surface area contributed by atoms with Crippen molar-refractivity contribution in [3.05, 3.63) is 17.0 Å². The third-order valence-corrected chi connectivity index (χ3v) is 5.10. The normalized spacial score (nSPS) is 20.3. The molecule has 0 spiro atoms. The topological polar surface area (TPSA) is 49.6 Å². The van der Waals surface area contributed by atoms with Crippen LogP contribution >= 0.6 is 0 Å². The first-order chi connectivity index (χ1) is 10.5. The second-order valence-corrected chi connectivity index (χ2v) is 7.02. The Morgan fingerprint density at radius 2 is 1.95 bits per heavy atom. The second kappa shape index (κ2) is 6.41. The number of carbonyl (C=O) groups is 1. The summed E-state index contributed by atoms with van der Waals surface area (Å²) in [4.78, 5) is 16.5. The van der Waals surface area contributed by atoms with Gasteiger partial charge in [0.05, 0.1) is 5.69 Å². The van der Waals surface area contributed by atoms with Crippen molar-refractivity contribution >= 4 is 5.91 Å². The van der Waals surface area contributed by atoms with E-state index in [1.54, 1.807) is 0 Å². The number of aromatic nitrogens is 1. The second-order valence-electron chi connectivity index (χ2n) is 7.02. The number of amides is 1. The first kappa shape index (κ1) is 15.5. The molecule has 2 aliphatic rings. The van der Waals surface area contributed by atoms with Crippen LogP contribution in [0.2, 0.25) is 0 Å². The molecule has 122 valence electrons. The van der Waals surface area contributed by atoms with Gasteiger partial charge < -0.3 is 9.42 Å². The molecule has 1 aliphatic carbocycles. The van der Waals surface area contributed by atoms with Crippen molar-refractivity contribution in [2.24, 2.45) is 11.8 Å². The number of likely N-dealkylation sites (tertiary alicyclic amines) is 1. The van der Waals surface area contributed by atoms with E-state index in [2.05, 4.69) is 10.1 Å². The Morgan fingerprint density at radius 3 is 2.50 bits per heavy atom. The molecule has 1 amide bonds. The third kappa shape index (κ3) is 3.51. The summed E-state index contributed by atoms with van der Waals surface area (Å²) in [6.07, 6.45) is 4.54. The van der Waals surface area contributed by atoms with Crippen molar-refractivity contribution in [2.45, 2.75) is 46.1 Å². The average molecular weight is 305 g/mol. The maximum absolute atomic E-state index is 12.0. The molecule has 3 rings (SSSR count). The molecule has 2 heterocycles. The van der Waals surface area contributed by atoms with Crippen molar-refractivity contribution in [2.75, 3.05) is 26.7 Å². The van der Waals surface area contributed by atoms with Crippen molar-refractivity contribution in [1.82, 2.24) is 15.0 Å². The highest BCUT2D eigenvalue weighted by Crippen LogP contribution is 2.31. The van der Waals surface area contributed by atoms with Crippen LogP contribution in [-0.2, 0) is 11.3 Å². The lowest BCUT2D eigenvalue weighted by Gasteiger charge is -2.33. The molecule has 1 saturated heterocycles. The van der Waals surface area contributed by atoms with Gasteiger partial charge in [-0.3, -0.25) is 9.69 Å². The molecule has 0 bridgehead atoms. The molecule has 0 radical (unpaired) electrons. The molecule has 1 aromatic rings. The molecular formula is C17H27N3O2. The Balaban J connectivity index is 1.45. The predicted molar refractivity (Wildman–Crippen MR) is 84.3 cm³/mol. The Kier molecular flexibility index (Phi) is 4.52. The van der Waals surface area contributed by atoms with E-state index in [0.717, 1.165) is 50.5 Å². The van der Waals surface area contributed by atoms with Gasteiger partial charge in [0.25, 0.3) is 0 Å². The molecule has 0 aromatic carbocycles. The van der Waals surface area contributed by atoms with E-state index in [0.29, 0.717) is 17.7 Å². The first-order valence-corrected chi connectivity index (χ1v) is 8.43. The lowest BCUT2D eigenvalue weighted by molar-refractivity contribution is -0.132. The fourth-order valence-corrected chi connectivity index (χ4v) is 3.40. The van der Waals surface area contributed by atoms with Crippen molar-refractivity contribution in [1.29, 1.82) is 0 Å². The standard InChI is InChI=1S/C17H27N3O2/c1-12-16(13(2)22-18-12)11-20-8-6-14(7-9-20)10-19(3)17(21)15-4-5-15/h14-15H,4-11H2,1-3H3. The maximum atomic E-state index is 12.0. The monoisotopic (exact) mass is 305 g/mol. The smallest absolute Gasteiger partial charge is 0.225 e. The van der Waals surface area contributed by atoms with Gasteiger partial charge in [-0.1, -0.05) is 5.16 Å². The minimum atomic E-state index is 0.338. The molecule has 5 heteroatoms. The summed E-state index contributed by atoms with van der Waals surface area (Å²) in [5.74, 6) is 2.28. The van der Waals surface area contributed by atoms with Gasteiger partial charge in [-0.2, -0.15) is 0 Å². The third-order valence-electron chi connectivity index (χ3n) is 5.10. The summed E-state index contributed by atoms with van der Waals surface area (Å²) >= 11 is 0. The number of carbonyl (C=O) groups excluding carboxylic acids is 1. The lowest BCUT2D eigenvalue weighted by Crippen LogP contribution is -2.39. The molecule has 0 atom stereocenters. The van der Waals surface area contributed by atoms with Crippen LogP contribution in [0.25, 0.3) is 0 Å². The largest absolute Gasteiger partial charge is 0.361 e. The Labute approximate surface area is 132 Å². The van der Waals surface area contributed by atoms with Crippen molar-refractivity contribution in [3.8, 4) is 0 Å². The number of aryl methyl sites for hydroxylation is 2. The van der Waals surface area contributed by atoms with E-state index in [9.17, 15) is 4.79 Å². The average Bonchev–Trinajstić information content (AvgIpc) is 3.31. The van der Waals surface area contributed by atoms with Crippen LogP contribution in [0.1, 0.15) is 42.7 Å². The van der Waals surface area contributed by atoms with Crippen LogP contribution in [-0.4, -0.2) is 47.5 Å². The minimum absolute atomic E-state index is 0.338. The predicted octanol–water partition coefficient (Wildman–Crippen LogP) is 2.37. The van der Waals surface area contributed by atoms with Crippen LogP contribution in [0.5, 0.6) is 0 Å². The van der Waals surface area contributed by atoms with E-state index in [1.165, 1.54) is 18.4 Å². The van der Waals surface area contributed by atoms with Gasteiger partial charge in [-0.15, -0.1) is 0 Å². The van der Waals surface area contributed by atoms with Crippen LogP contribution in [0.3, 0.4) is 0 Å². The summed E-state index contributed by atoms with van der Waals surface area (Å²) in [5.41, 5.74) is 2.24. The van der Waals surface area contributed by atoms with E-state index in [-0.39, 0.29) is 0 Å². The number of hydrogen-bond donors (Lipinski definition) is 0. The molecule has 5 nitrogen and oxygen atoms in total. The van der Waals surface area contributed by atoms with Crippen molar-refractivity contribution < 1.29 is 9.32 Å². The van der Waals surface area contributed by atoms with Gasteiger partial charge in [0.1, 0.15) is 5.76 Å². The zero-order valence-corrected chi connectivity index (χ0v) is 14.0. The number of piperidine rings is 1. The van der Waals surface area contributed by atoms with Crippen molar-refractivity contribution in [3.63, 3.8) is 0 Å². The molecule has 1 aliphatic heterocycles. The summed E-state index contributed by atoms with van der Waals surface area (Å²) in [6.45, 7) is 8.05.